The van der Waals surface area contributed by atoms with Crippen molar-refractivity contribution in [1.29, 1.82) is 0 Å². The molecule has 0 heterocycles. The second kappa shape index (κ2) is 9.94. The smallest absolute Gasteiger partial charge is 0.264 e. The summed E-state index contributed by atoms with van der Waals surface area (Å²) >= 11 is 12.3. The van der Waals surface area contributed by atoms with Crippen molar-refractivity contribution < 1.29 is 13.2 Å². The number of halogens is 2. The number of rotatable bonds is 7. The third kappa shape index (κ3) is 5.44. The van der Waals surface area contributed by atoms with Crippen molar-refractivity contribution in [3.8, 4) is 0 Å². The largest absolute Gasteiger partial charge is 0.348 e. The van der Waals surface area contributed by atoms with Crippen LogP contribution in [0.15, 0.2) is 71.6 Å². The Morgan fingerprint density at radius 2 is 1.69 bits per heavy atom. The van der Waals surface area contributed by atoms with E-state index in [9.17, 15) is 13.2 Å². The number of anilines is 1. The van der Waals surface area contributed by atoms with Gasteiger partial charge in [0.05, 0.1) is 21.6 Å². The first kappa shape index (κ1) is 24.1. The third-order valence-corrected chi connectivity index (χ3v) is 7.38. The average molecular weight is 491 g/mol. The minimum absolute atomic E-state index is 0.0567. The molecule has 0 aromatic heterocycles. The van der Waals surface area contributed by atoms with Crippen molar-refractivity contribution >= 4 is 44.8 Å². The molecule has 0 unspecified atom stereocenters. The summed E-state index contributed by atoms with van der Waals surface area (Å²) in [5, 5.41) is 3.39. The van der Waals surface area contributed by atoms with Crippen molar-refractivity contribution in [1.82, 2.24) is 5.32 Å². The summed E-state index contributed by atoms with van der Waals surface area (Å²) in [6, 6.07) is 18.1. The molecule has 3 aromatic rings. The Kier molecular flexibility index (Phi) is 7.49. The van der Waals surface area contributed by atoms with Gasteiger partial charge in [-0.15, -0.1) is 0 Å². The fourth-order valence-corrected chi connectivity index (χ4v) is 5.53. The maximum absolute atomic E-state index is 13.4. The molecule has 0 aliphatic carbocycles. The van der Waals surface area contributed by atoms with E-state index in [1.54, 1.807) is 18.2 Å². The van der Waals surface area contributed by atoms with E-state index in [0.717, 1.165) is 21.0 Å². The van der Waals surface area contributed by atoms with Gasteiger partial charge in [-0.25, -0.2) is 8.42 Å². The van der Waals surface area contributed by atoms with Crippen molar-refractivity contribution in [2.24, 2.45) is 0 Å². The van der Waals surface area contributed by atoms with E-state index >= 15 is 0 Å². The Balaban J connectivity index is 1.93. The van der Waals surface area contributed by atoms with Crippen LogP contribution in [0.4, 0.5) is 5.69 Å². The highest BCUT2D eigenvalue weighted by molar-refractivity contribution is 7.92. The molecular weight excluding hydrogens is 467 g/mol. The van der Waals surface area contributed by atoms with Crippen LogP contribution in [0.1, 0.15) is 29.7 Å². The summed E-state index contributed by atoms with van der Waals surface area (Å²) in [5.74, 6) is -0.456. The Bertz CT molecular complexity index is 1230. The standard InChI is InChI=1S/C24H24Cl2N2O3S/c1-16-9-11-21(17(2)13-16)18(3)27-24(29)15-28(23-12-10-19(25)14-22(23)26)32(30,31)20-7-5-4-6-8-20/h4-14,18H,15H2,1-3H3,(H,27,29)/t18-/m0/s1. The third-order valence-electron chi connectivity index (χ3n) is 5.07. The van der Waals surface area contributed by atoms with Gasteiger partial charge in [-0.3, -0.25) is 9.10 Å². The second-order valence-electron chi connectivity index (χ2n) is 7.57. The molecular formula is C24H24Cl2N2O3S. The molecule has 0 radical (unpaired) electrons. The zero-order valence-corrected chi connectivity index (χ0v) is 20.3. The van der Waals surface area contributed by atoms with Gasteiger partial charge >= 0.3 is 0 Å². The van der Waals surface area contributed by atoms with E-state index in [0.29, 0.717) is 5.02 Å². The molecule has 3 rings (SSSR count). The number of benzene rings is 3. The van der Waals surface area contributed by atoms with Gasteiger partial charge in [0, 0.05) is 5.02 Å². The topological polar surface area (TPSA) is 66.5 Å². The first-order chi connectivity index (χ1) is 15.1. The lowest BCUT2D eigenvalue weighted by molar-refractivity contribution is -0.120. The molecule has 1 atom stereocenters. The monoisotopic (exact) mass is 490 g/mol. The van der Waals surface area contributed by atoms with Crippen molar-refractivity contribution in [3.63, 3.8) is 0 Å². The fourth-order valence-electron chi connectivity index (χ4n) is 3.51. The molecule has 0 saturated carbocycles. The van der Waals surface area contributed by atoms with Gasteiger partial charge in [0.2, 0.25) is 5.91 Å². The van der Waals surface area contributed by atoms with Gasteiger partial charge in [0.1, 0.15) is 6.54 Å². The number of aryl methyl sites for hydroxylation is 2. The molecule has 32 heavy (non-hydrogen) atoms. The van der Waals surface area contributed by atoms with Gasteiger partial charge in [-0.2, -0.15) is 0 Å². The van der Waals surface area contributed by atoms with Gasteiger partial charge in [0.25, 0.3) is 10.0 Å². The SMILES string of the molecule is Cc1ccc([C@H](C)NC(=O)CN(c2ccc(Cl)cc2Cl)S(=O)(=O)c2ccccc2)c(C)c1. The maximum atomic E-state index is 13.4. The van der Waals surface area contributed by atoms with Crippen molar-refractivity contribution in [2.45, 2.75) is 31.7 Å². The van der Waals surface area contributed by atoms with E-state index < -0.39 is 22.5 Å². The Hall–Kier alpha value is -2.54. The number of amides is 1. The molecule has 1 N–H and O–H groups in total. The van der Waals surface area contributed by atoms with Crippen LogP contribution in [-0.2, 0) is 14.8 Å². The van der Waals surface area contributed by atoms with E-state index in [1.807, 2.05) is 39.0 Å². The van der Waals surface area contributed by atoms with E-state index in [4.69, 9.17) is 23.2 Å². The number of hydrogen-bond donors (Lipinski definition) is 1. The molecule has 0 bridgehead atoms. The van der Waals surface area contributed by atoms with Crippen LogP contribution < -0.4 is 9.62 Å². The molecule has 5 nitrogen and oxygen atoms in total. The van der Waals surface area contributed by atoms with Crippen LogP contribution in [0.25, 0.3) is 0 Å². The lowest BCUT2D eigenvalue weighted by atomic mass is 10.0. The van der Waals surface area contributed by atoms with Gasteiger partial charge < -0.3 is 5.32 Å². The van der Waals surface area contributed by atoms with Crippen molar-refractivity contribution in [3.05, 3.63) is 93.5 Å². The lowest BCUT2D eigenvalue weighted by Gasteiger charge is -2.26. The molecule has 8 heteroatoms. The van der Waals surface area contributed by atoms with Crippen LogP contribution in [-0.4, -0.2) is 20.9 Å². The quantitative estimate of drug-likeness (QED) is 0.462. The van der Waals surface area contributed by atoms with Gasteiger partial charge in [-0.1, -0.05) is 65.2 Å². The number of nitrogens with zero attached hydrogens (tertiary/aromatic N) is 1. The van der Waals surface area contributed by atoms with Gasteiger partial charge in [0.15, 0.2) is 0 Å². The number of carbonyl (C=O) groups is 1. The molecule has 1 amide bonds. The first-order valence-corrected chi connectivity index (χ1v) is 12.2. The summed E-state index contributed by atoms with van der Waals surface area (Å²) in [6.45, 7) is 5.40. The normalized spacial score (nSPS) is 12.3. The molecule has 0 spiro atoms. The van der Waals surface area contributed by atoms with E-state index in [2.05, 4.69) is 5.32 Å². The maximum Gasteiger partial charge on any atom is 0.264 e. The summed E-state index contributed by atoms with van der Waals surface area (Å²) in [4.78, 5) is 13.0. The molecule has 0 fully saturated rings. The minimum atomic E-state index is -4.05. The highest BCUT2D eigenvalue weighted by atomic mass is 35.5. The Labute approximate surface area is 199 Å². The van der Waals surface area contributed by atoms with Crippen LogP contribution in [0, 0.1) is 13.8 Å². The van der Waals surface area contributed by atoms with E-state index in [-0.39, 0.29) is 21.6 Å². The summed E-state index contributed by atoms with van der Waals surface area (Å²) in [6.07, 6.45) is 0. The van der Waals surface area contributed by atoms with Crippen LogP contribution >= 0.6 is 23.2 Å². The molecule has 3 aromatic carbocycles. The number of sulfonamides is 1. The zero-order valence-electron chi connectivity index (χ0n) is 18.0. The average Bonchev–Trinajstić information content (AvgIpc) is 2.73. The highest BCUT2D eigenvalue weighted by Crippen LogP contribution is 2.32. The molecule has 0 saturated heterocycles. The second-order valence-corrected chi connectivity index (χ2v) is 10.3. The molecule has 0 aliphatic rings. The van der Waals surface area contributed by atoms with E-state index in [1.165, 1.54) is 30.3 Å². The zero-order chi connectivity index (χ0) is 23.5. The number of hydrogen-bond acceptors (Lipinski definition) is 3. The lowest BCUT2D eigenvalue weighted by Crippen LogP contribution is -2.41. The predicted molar refractivity (Wildman–Crippen MR) is 130 cm³/mol. The highest BCUT2D eigenvalue weighted by Gasteiger charge is 2.29. The Morgan fingerprint density at radius 1 is 1.00 bits per heavy atom. The fraction of sp³-hybridized carbons (Fsp3) is 0.208. The van der Waals surface area contributed by atoms with Crippen molar-refractivity contribution in [2.75, 3.05) is 10.8 Å². The van der Waals surface area contributed by atoms with Gasteiger partial charge in [-0.05, 0) is 62.2 Å². The first-order valence-electron chi connectivity index (χ1n) is 9.99. The summed E-state index contributed by atoms with van der Waals surface area (Å²) in [5.41, 5.74) is 3.31. The van der Waals surface area contributed by atoms with Crippen LogP contribution in [0.3, 0.4) is 0 Å². The molecule has 168 valence electrons. The number of nitrogens with one attached hydrogen (secondary N) is 1. The predicted octanol–water partition coefficient (Wildman–Crippen LogP) is 5.68. The number of carbonyl (C=O) groups excluding carboxylic acids is 1. The van der Waals surface area contributed by atoms with Crippen LogP contribution in [0.2, 0.25) is 10.0 Å². The summed E-state index contributed by atoms with van der Waals surface area (Å²) in [7, 11) is -4.05. The summed E-state index contributed by atoms with van der Waals surface area (Å²) < 4.78 is 27.8. The minimum Gasteiger partial charge on any atom is -0.348 e. The Morgan fingerprint density at radius 3 is 2.31 bits per heavy atom. The molecule has 0 aliphatic heterocycles. The van der Waals surface area contributed by atoms with Crippen LogP contribution in [0.5, 0.6) is 0 Å².